The summed E-state index contributed by atoms with van der Waals surface area (Å²) in [5.41, 5.74) is 6.35. The van der Waals surface area contributed by atoms with Gasteiger partial charge in [-0.05, 0) is 39.7 Å². The van der Waals surface area contributed by atoms with Crippen LogP contribution in [-0.2, 0) is 20.7 Å². The van der Waals surface area contributed by atoms with Crippen LogP contribution >= 0.6 is 0 Å². The third-order valence-corrected chi connectivity index (χ3v) is 3.96. The largest absolute Gasteiger partial charge is 0.461 e. The molecule has 4 nitrogen and oxygen atoms in total. The van der Waals surface area contributed by atoms with Gasteiger partial charge in [-0.2, -0.15) is 0 Å². The van der Waals surface area contributed by atoms with Crippen LogP contribution in [0.25, 0.3) is 0 Å². The van der Waals surface area contributed by atoms with E-state index in [1.807, 2.05) is 39.0 Å². The number of rotatable bonds is 7. The molecule has 4 heteroatoms. The molecule has 0 amide bonds. The van der Waals surface area contributed by atoms with Gasteiger partial charge in [0.15, 0.2) is 0 Å². The maximum Gasteiger partial charge on any atom is 0.322 e. The minimum atomic E-state index is -0.615. The van der Waals surface area contributed by atoms with Gasteiger partial charge in [-0.1, -0.05) is 30.3 Å². The average Bonchev–Trinajstić information content (AvgIpc) is 2.45. The first kappa shape index (κ1) is 17.7. The lowest BCUT2D eigenvalue weighted by Crippen LogP contribution is -2.44. The Hall–Kier alpha value is -1.39. The van der Waals surface area contributed by atoms with Crippen molar-refractivity contribution in [3.63, 3.8) is 0 Å². The third kappa shape index (κ3) is 5.14. The lowest BCUT2D eigenvalue weighted by molar-refractivity contribution is -0.158. The Kier molecular flexibility index (Phi) is 6.37. The highest BCUT2D eigenvalue weighted by atomic mass is 16.5. The number of nitrogens with two attached hydrogens (primary N) is 1. The van der Waals surface area contributed by atoms with E-state index in [2.05, 4.69) is 12.1 Å². The van der Waals surface area contributed by atoms with Crippen molar-refractivity contribution >= 4 is 5.97 Å². The number of hydrogen-bond acceptors (Lipinski definition) is 4. The smallest absolute Gasteiger partial charge is 0.322 e. The highest BCUT2D eigenvalue weighted by Gasteiger charge is 2.36. The summed E-state index contributed by atoms with van der Waals surface area (Å²) in [4.78, 5) is 11.7. The minimum absolute atomic E-state index is 0.0348. The van der Waals surface area contributed by atoms with E-state index < -0.39 is 11.6 Å². The quantitative estimate of drug-likeness (QED) is 0.785. The predicted octanol–water partition coefficient (Wildman–Crippen LogP) is 2.55. The SMILES string of the molecule is COC(C)(C)[C@@H](Cc1ccccc1)[C@H](C)OC(=O)[C@H](C)N. The lowest BCUT2D eigenvalue weighted by atomic mass is 9.81. The first-order chi connectivity index (χ1) is 9.77. The molecule has 0 saturated carbocycles. The van der Waals surface area contributed by atoms with Crippen molar-refractivity contribution in [2.45, 2.75) is 51.9 Å². The van der Waals surface area contributed by atoms with Crippen molar-refractivity contribution < 1.29 is 14.3 Å². The van der Waals surface area contributed by atoms with Gasteiger partial charge in [0.05, 0.1) is 5.60 Å². The molecule has 0 aliphatic carbocycles. The molecule has 1 aromatic rings. The summed E-state index contributed by atoms with van der Waals surface area (Å²) in [5, 5.41) is 0. The number of ether oxygens (including phenoxy) is 2. The summed E-state index contributed by atoms with van der Waals surface area (Å²) in [6, 6.07) is 9.52. The molecule has 0 aromatic heterocycles. The van der Waals surface area contributed by atoms with E-state index >= 15 is 0 Å². The Balaban J connectivity index is 2.89. The summed E-state index contributed by atoms with van der Waals surface area (Å²) in [5.74, 6) is -0.347. The van der Waals surface area contributed by atoms with Crippen LogP contribution in [0.4, 0.5) is 0 Å². The molecule has 0 aliphatic heterocycles. The fourth-order valence-corrected chi connectivity index (χ4v) is 2.37. The Morgan fingerprint density at radius 2 is 1.81 bits per heavy atom. The molecule has 2 N–H and O–H groups in total. The number of hydrogen-bond donors (Lipinski definition) is 1. The maximum atomic E-state index is 11.7. The van der Waals surface area contributed by atoms with E-state index in [1.165, 1.54) is 5.56 Å². The molecule has 0 unspecified atom stereocenters. The molecule has 0 saturated heterocycles. The van der Waals surface area contributed by atoms with Gasteiger partial charge >= 0.3 is 5.97 Å². The predicted molar refractivity (Wildman–Crippen MR) is 83.9 cm³/mol. The van der Waals surface area contributed by atoms with Gasteiger partial charge < -0.3 is 15.2 Å². The zero-order chi connectivity index (χ0) is 16.0. The molecule has 0 fully saturated rings. The van der Waals surface area contributed by atoms with Gasteiger partial charge in [-0.15, -0.1) is 0 Å². The first-order valence-electron chi connectivity index (χ1n) is 7.33. The highest BCUT2D eigenvalue weighted by molar-refractivity contribution is 5.75. The second-order valence-corrected chi connectivity index (χ2v) is 6.03. The molecule has 0 heterocycles. The Morgan fingerprint density at radius 3 is 2.29 bits per heavy atom. The minimum Gasteiger partial charge on any atom is -0.461 e. The summed E-state index contributed by atoms with van der Waals surface area (Å²) < 4.78 is 11.1. The number of carbonyl (C=O) groups is 1. The van der Waals surface area contributed by atoms with Crippen LogP contribution < -0.4 is 5.73 Å². The number of carbonyl (C=O) groups excluding carboxylic acids is 1. The normalized spacial score (nSPS) is 16.1. The topological polar surface area (TPSA) is 61.5 Å². The first-order valence-corrected chi connectivity index (χ1v) is 7.33. The molecule has 1 rings (SSSR count). The van der Waals surface area contributed by atoms with Crippen LogP contribution in [0.15, 0.2) is 30.3 Å². The molecular weight excluding hydrogens is 266 g/mol. The Morgan fingerprint density at radius 1 is 1.24 bits per heavy atom. The van der Waals surface area contributed by atoms with Crippen LogP contribution in [0.5, 0.6) is 0 Å². The summed E-state index contributed by atoms with van der Waals surface area (Å²) in [7, 11) is 1.68. The zero-order valence-electron chi connectivity index (χ0n) is 13.6. The van der Waals surface area contributed by atoms with Crippen LogP contribution in [0.3, 0.4) is 0 Å². The van der Waals surface area contributed by atoms with Gasteiger partial charge in [0.1, 0.15) is 12.1 Å². The highest BCUT2D eigenvalue weighted by Crippen LogP contribution is 2.29. The molecule has 0 bridgehead atoms. The number of esters is 1. The fourth-order valence-electron chi connectivity index (χ4n) is 2.37. The fraction of sp³-hybridized carbons (Fsp3) is 0.588. The molecule has 3 atom stereocenters. The van der Waals surface area contributed by atoms with E-state index in [0.717, 1.165) is 6.42 Å². The van der Waals surface area contributed by atoms with Crippen LogP contribution in [0, 0.1) is 5.92 Å². The lowest BCUT2D eigenvalue weighted by Gasteiger charge is -2.37. The molecule has 0 aliphatic rings. The van der Waals surface area contributed by atoms with E-state index in [4.69, 9.17) is 15.2 Å². The van der Waals surface area contributed by atoms with Crippen LogP contribution in [0.1, 0.15) is 33.3 Å². The molecule has 118 valence electrons. The van der Waals surface area contributed by atoms with Gasteiger partial charge in [-0.25, -0.2) is 0 Å². The van der Waals surface area contributed by atoms with Crippen molar-refractivity contribution in [3.05, 3.63) is 35.9 Å². The van der Waals surface area contributed by atoms with Gasteiger partial charge in [0.2, 0.25) is 0 Å². The number of benzene rings is 1. The standard InChI is InChI=1S/C17H27NO3/c1-12(18)16(19)21-13(2)15(17(3,4)20-5)11-14-9-7-6-8-10-14/h6-10,12-13,15H,11,18H2,1-5H3/t12-,13-,15-/m0/s1. The summed E-state index contributed by atoms with van der Waals surface area (Å²) in [6.45, 7) is 7.55. The van der Waals surface area contributed by atoms with Gasteiger partial charge in [0.25, 0.3) is 0 Å². The summed E-state index contributed by atoms with van der Waals surface area (Å²) in [6.07, 6.45) is 0.494. The molecule has 0 radical (unpaired) electrons. The van der Waals surface area contributed by atoms with Crippen molar-refractivity contribution in [1.29, 1.82) is 0 Å². The van der Waals surface area contributed by atoms with Crippen LogP contribution in [-0.4, -0.2) is 30.8 Å². The molecule has 0 spiro atoms. The van der Waals surface area contributed by atoms with E-state index in [9.17, 15) is 4.79 Å². The number of methoxy groups -OCH3 is 1. The van der Waals surface area contributed by atoms with E-state index in [-0.39, 0.29) is 18.0 Å². The monoisotopic (exact) mass is 293 g/mol. The van der Waals surface area contributed by atoms with Gasteiger partial charge in [-0.3, -0.25) is 4.79 Å². The van der Waals surface area contributed by atoms with E-state index in [0.29, 0.717) is 0 Å². The molecular formula is C17H27NO3. The summed E-state index contributed by atoms with van der Waals surface area (Å²) >= 11 is 0. The third-order valence-electron chi connectivity index (χ3n) is 3.96. The molecule has 21 heavy (non-hydrogen) atoms. The maximum absolute atomic E-state index is 11.7. The van der Waals surface area contributed by atoms with Crippen LogP contribution in [0.2, 0.25) is 0 Å². The second kappa shape index (κ2) is 7.57. The molecule has 1 aromatic carbocycles. The second-order valence-electron chi connectivity index (χ2n) is 6.03. The van der Waals surface area contributed by atoms with Crippen molar-refractivity contribution in [1.82, 2.24) is 0 Å². The van der Waals surface area contributed by atoms with Gasteiger partial charge in [0, 0.05) is 13.0 Å². The Labute approximate surface area is 127 Å². The average molecular weight is 293 g/mol. The zero-order valence-corrected chi connectivity index (χ0v) is 13.6. The van der Waals surface area contributed by atoms with Crippen molar-refractivity contribution in [3.8, 4) is 0 Å². The van der Waals surface area contributed by atoms with Crippen molar-refractivity contribution in [2.75, 3.05) is 7.11 Å². The Bertz CT molecular complexity index is 443. The van der Waals surface area contributed by atoms with E-state index in [1.54, 1.807) is 14.0 Å². The van der Waals surface area contributed by atoms with Crippen molar-refractivity contribution in [2.24, 2.45) is 11.7 Å².